The van der Waals surface area contributed by atoms with Crippen LogP contribution in [-0.4, -0.2) is 17.1 Å². The highest BCUT2D eigenvalue weighted by molar-refractivity contribution is 6.34. The molecule has 2 N–H and O–H groups in total. The minimum atomic E-state index is -1.08. The summed E-state index contributed by atoms with van der Waals surface area (Å²) in [6.45, 7) is 1.76. The molecule has 0 spiro atoms. The van der Waals surface area contributed by atoms with Gasteiger partial charge in [-0.1, -0.05) is 23.6 Å². The molecule has 0 bridgehead atoms. The Bertz CT molecular complexity index is 423. The smallest absolute Gasteiger partial charge is 0.339 e. The molecule has 0 saturated heterocycles. The summed E-state index contributed by atoms with van der Waals surface area (Å²) in [5.41, 5.74) is 0.474. The van der Waals surface area contributed by atoms with E-state index in [9.17, 15) is 4.79 Å². The molecule has 0 aliphatic rings. The van der Waals surface area contributed by atoms with Crippen LogP contribution in [0.5, 0.6) is 0 Å². The average Bonchev–Trinajstić information content (AvgIpc) is 2.17. The lowest BCUT2D eigenvalue weighted by Crippen LogP contribution is -2.15. The molecule has 1 unspecified atom stereocenters. The number of carboxylic acids is 1. The lowest BCUT2D eigenvalue weighted by Gasteiger charge is -2.12. The van der Waals surface area contributed by atoms with E-state index in [4.69, 9.17) is 23.1 Å². The molecule has 1 atom stereocenters. The second-order valence-corrected chi connectivity index (χ2v) is 3.41. The first-order valence-corrected chi connectivity index (χ1v) is 4.68. The van der Waals surface area contributed by atoms with Crippen molar-refractivity contribution in [1.29, 1.82) is 0 Å². The largest absolute Gasteiger partial charge is 0.478 e. The first-order chi connectivity index (χ1) is 7.06. The van der Waals surface area contributed by atoms with Crippen molar-refractivity contribution in [1.82, 2.24) is 0 Å². The van der Waals surface area contributed by atoms with Crippen molar-refractivity contribution in [2.24, 2.45) is 0 Å². The van der Waals surface area contributed by atoms with E-state index >= 15 is 0 Å². The van der Waals surface area contributed by atoms with Crippen LogP contribution in [0.4, 0.5) is 5.69 Å². The van der Waals surface area contributed by atoms with Gasteiger partial charge in [0.05, 0.1) is 16.8 Å². The normalized spacial score (nSPS) is 11.5. The minimum Gasteiger partial charge on any atom is -0.478 e. The van der Waals surface area contributed by atoms with Crippen molar-refractivity contribution in [3.05, 3.63) is 28.8 Å². The first kappa shape index (κ1) is 11.4. The lowest BCUT2D eigenvalue weighted by molar-refractivity contribution is 0.0698. The Hall–Kier alpha value is -1.66. The van der Waals surface area contributed by atoms with Gasteiger partial charge in [-0.2, -0.15) is 0 Å². The van der Waals surface area contributed by atoms with Crippen molar-refractivity contribution in [3.8, 4) is 12.3 Å². The molecule has 0 radical (unpaired) electrons. The molecule has 4 heteroatoms. The Morgan fingerprint density at radius 1 is 1.67 bits per heavy atom. The number of carbonyl (C=O) groups is 1. The Balaban J connectivity index is 3.13. The summed E-state index contributed by atoms with van der Waals surface area (Å²) >= 11 is 5.78. The molecule has 0 saturated carbocycles. The van der Waals surface area contributed by atoms with Crippen LogP contribution in [0, 0.1) is 12.3 Å². The molecule has 78 valence electrons. The van der Waals surface area contributed by atoms with Crippen molar-refractivity contribution < 1.29 is 9.90 Å². The summed E-state index contributed by atoms with van der Waals surface area (Å²) in [6.07, 6.45) is 5.19. The molecule has 1 rings (SSSR count). The fraction of sp³-hybridized carbons (Fsp3) is 0.182. The summed E-state index contributed by atoms with van der Waals surface area (Å²) in [7, 11) is 0. The molecular weight excluding hydrogens is 214 g/mol. The van der Waals surface area contributed by atoms with Gasteiger partial charge in [0, 0.05) is 0 Å². The van der Waals surface area contributed by atoms with Crippen LogP contribution < -0.4 is 5.32 Å². The third-order valence-electron chi connectivity index (χ3n) is 1.85. The third kappa shape index (κ3) is 2.64. The molecule has 1 aromatic carbocycles. The van der Waals surface area contributed by atoms with Gasteiger partial charge in [-0.25, -0.2) is 4.79 Å². The van der Waals surface area contributed by atoms with Gasteiger partial charge in [-0.05, 0) is 19.1 Å². The number of hydrogen-bond acceptors (Lipinski definition) is 2. The average molecular weight is 224 g/mol. The van der Waals surface area contributed by atoms with Crippen LogP contribution >= 0.6 is 11.6 Å². The molecular formula is C11H10ClNO2. The predicted octanol–water partition coefficient (Wildman–Crippen LogP) is 2.47. The molecule has 0 heterocycles. The third-order valence-corrected chi connectivity index (χ3v) is 2.16. The fourth-order valence-electron chi connectivity index (χ4n) is 1.14. The van der Waals surface area contributed by atoms with Gasteiger partial charge in [0.15, 0.2) is 0 Å². The second kappa shape index (κ2) is 4.72. The van der Waals surface area contributed by atoms with Crippen LogP contribution in [0.3, 0.4) is 0 Å². The number of aromatic carboxylic acids is 1. The van der Waals surface area contributed by atoms with Gasteiger partial charge >= 0.3 is 5.97 Å². The summed E-state index contributed by atoms with van der Waals surface area (Å²) in [4.78, 5) is 10.9. The molecule has 0 aromatic heterocycles. The summed E-state index contributed by atoms with van der Waals surface area (Å²) in [5.74, 6) is 1.38. The van der Waals surface area contributed by atoms with E-state index in [-0.39, 0.29) is 16.6 Å². The van der Waals surface area contributed by atoms with Crippen LogP contribution in [0.2, 0.25) is 5.02 Å². The summed E-state index contributed by atoms with van der Waals surface area (Å²) < 4.78 is 0. The Kier molecular flexibility index (Phi) is 3.59. The number of rotatable bonds is 3. The van der Waals surface area contributed by atoms with Gasteiger partial charge in [0.2, 0.25) is 0 Å². The van der Waals surface area contributed by atoms with Gasteiger partial charge < -0.3 is 10.4 Å². The van der Waals surface area contributed by atoms with Crippen LogP contribution in [0.25, 0.3) is 0 Å². The van der Waals surface area contributed by atoms with Crippen molar-refractivity contribution >= 4 is 23.3 Å². The zero-order valence-corrected chi connectivity index (χ0v) is 8.88. The molecule has 0 aliphatic carbocycles. The molecule has 0 aliphatic heterocycles. The SMILES string of the molecule is C#CC(C)Nc1cccc(Cl)c1C(=O)O. The van der Waals surface area contributed by atoms with Gasteiger partial charge in [0.1, 0.15) is 5.56 Å². The highest BCUT2D eigenvalue weighted by Crippen LogP contribution is 2.24. The number of nitrogens with one attached hydrogen (secondary N) is 1. The number of anilines is 1. The number of carboxylic acid groups (broad SMARTS) is 1. The van der Waals surface area contributed by atoms with Gasteiger partial charge in [-0.3, -0.25) is 0 Å². The van der Waals surface area contributed by atoms with E-state index in [1.165, 1.54) is 6.07 Å². The quantitative estimate of drug-likeness (QED) is 0.774. The predicted molar refractivity (Wildman–Crippen MR) is 60.3 cm³/mol. The maximum atomic E-state index is 10.9. The van der Waals surface area contributed by atoms with E-state index in [2.05, 4.69) is 11.2 Å². The highest BCUT2D eigenvalue weighted by Gasteiger charge is 2.14. The number of benzene rings is 1. The van der Waals surface area contributed by atoms with Crippen LogP contribution in [-0.2, 0) is 0 Å². The zero-order valence-electron chi connectivity index (χ0n) is 8.12. The Morgan fingerprint density at radius 2 is 2.33 bits per heavy atom. The van der Waals surface area contributed by atoms with Crippen LogP contribution in [0.1, 0.15) is 17.3 Å². The molecule has 3 nitrogen and oxygen atoms in total. The number of hydrogen-bond donors (Lipinski definition) is 2. The zero-order chi connectivity index (χ0) is 11.4. The summed E-state index contributed by atoms with van der Waals surface area (Å²) in [6, 6.07) is 4.57. The first-order valence-electron chi connectivity index (χ1n) is 4.30. The van der Waals surface area contributed by atoms with E-state index in [1.807, 2.05) is 0 Å². The van der Waals surface area contributed by atoms with Crippen LogP contribution in [0.15, 0.2) is 18.2 Å². The fourth-order valence-corrected chi connectivity index (χ4v) is 1.39. The van der Waals surface area contributed by atoms with E-state index in [0.29, 0.717) is 5.69 Å². The highest BCUT2D eigenvalue weighted by atomic mass is 35.5. The maximum Gasteiger partial charge on any atom is 0.339 e. The van der Waals surface area contributed by atoms with E-state index in [0.717, 1.165) is 0 Å². The topological polar surface area (TPSA) is 49.3 Å². The van der Waals surface area contributed by atoms with E-state index in [1.54, 1.807) is 19.1 Å². The molecule has 15 heavy (non-hydrogen) atoms. The molecule has 0 amide bonds. The summed E-state index contributed by atoms with van der Waals surface area (Å²) in [5, 5.41) is 12.0. The maximum absolute atomic E-state index is 10.9. The number of terminal acetylenes is 1. The Labute approximate surface area is 93.1 Å². The van der Waals surface area contributed by atoms with Gasteiger partial charge in [-0.15, -0.1) is 6.42 Å². The molecule has 0 fully saturated rings. The second-order valence-electron chi connectivity index (χ2n) is 3.00. The van der Waals surface area contributed by atoms with Crippen molar-refractivity contribution in [2.75, 3.05) is 5.32 Å². The Morgan fingerprint density at radius 3 is 2.87 bits per heavy atom. The minimum absolute atomic E-state index is 0.0428. The monoisotopic (exact) mass is 223 g/mol. The van der Waals surface area contributed by atoms with Crippen molar-refractivity contribution in [3.63, 3.8) is 0 Å². The van der Waals surface area contributed by atoms with Crippen molar-refractivity contribution in [2.45, 2.75) is 13.0 Å². The lowest BCUT2D eigenvalue weighted by atomic mass is 10.1. The molecule has 1 aromatic rings. The number of halogens is 1. The van der Waals surface area contributed by atoms with Gasteiger partial charge in [0.25, 0.3) is 0 Å². The van der Waals surface area contributed by atoms with E-state index < -0.39 is 5.97 Å². The standard InChI is InChI=1S/C11H10ClNO2/c1-3-7(2)13-9-6-4-5-8(12)10(9)11(14)15/h1,4-7,13H,2H3,(H,14,15).